The van der Waals surface area contributed by atoms with E-state index in [1.54, 1.807) is 71.0 Å². The molecule has 0 bridgehead atoms. The van der Waals surface area contributed by atoms with E-state index < -0.39 is 28.9 Å². The molecule has 0 fully saturated rings. The summed E-state index contributed by atoms with van der Waals surface area (Å²) in [5.74, 6) is -1.47. The normalized spacial score (nSPS) is 16.2. The van der Waals surface area contributed by atoms with Crippen molar-refractivity contribution >= 4 is 40.8 Å². The smallest absolute Gasteiger partial charge is 0.319 e. The fourth-order valence-electron chi connectivity index (χ4n) is 3.86. The van der Waals surface area contributed by atoms with Crippen LogP contribution >= 0.6 is 0 Å². The Balaban J connectivity index is 1.84. The maximum atomic E-state index is 13.6. The number of carboxylic acid groups (broad SMARTS) is 1. The van der Waals surface area contributed by atoms with E-state index in [0.29, 0.717) is 16.9 Å². The van der Waals surface area contributed by atoms with Gasteiger partial charge in [-0.05, 0) is 43.7 Å². The highest BCUT2D eigenvalue weighted by atomic mass is 16.4. The van der Waals surface area contributed by atoms with Gasteiger partial charge in [0.2, 0.25) is 0 Å². The van der Waals surface area contributed by atoms with Crippen molar-refractivity contribution in [2.75, 3.05) is 35.3 Å². The van der Waals surface area contributed by atoms with Crippen LogP contribution in [0.1, 0.15) is 40.2 Å². The van der Waals surface area contributed by atoms with E-state index in [2.05, 4.69) is 10.6 Å². The van der Waals surface area contributed by atoms with Gasteiger partial charge in [-0.15, -0.1) is 0 Å². The van der Waals surface area contributed by atoms with Crippen LogP contribution in [-0.2, 0) is 19.8 Å². The number of carbonyl (C=O) groups excluding carboxylic acids is 3. The van der Waals surface area contributed by atoms with E-state index in [0.717, 1.165) is 5.69 Å². The van der Waals surface area contributed by atoms with E-state index in [1.165, 1.54) is 4.90 Å². The monoisotopic (exact) mass is 494 g/mol. The van der Waals surface area contributed by atoms with Gasteiger partial charge in [0.1, 0.15) is 6.04 Å². The number of rotatable bonds is 6. The first-order valence-corrected chi connectivity index (χ1v) is 11.8. The predicted molar refractivity (Wildman–Crippen MR) is 140 cm³/mol. The number of ketones is 1. The lowest BCUT2D eigenvalue weighted by Gasteiger charge is -2.28. The Hall–Kier alpha value is -3.88. The maximum absolute atomic E-state index is 13.6. The minimum atomic E-state index is -1.14. The molecule has 3 N–H and O–H groups in total. The third kappa shape index (κ3) is 5.67. The molecule has 0 spiro atoms. The van der Waals surface area contributed by atoms with Crippen LogP contribution in [0.4, 0.5) is 21.9 Å². The van der Waals surface area contributed by atoms with E-state index in [9.17, 15) is 24.3 Å². The van der Waals surface area contributed by atoms with Crippen molar-refractivity contribution in [3.05, 3.63) is 54.1 Å². The van der Waals surface area contributed by atoms with Crippen LogP contribution in [0.2, 0.25) is 0 Å². The lowest BCUT2D eigenvalue weighted by atomic mass is 9.84. The van der Waals surface area contributed by atoms with Crippen molar-refractivity contribution in [3.8, 4) is 0 Å². The highest BCUT2D eigenvalue weighted by Gasteiger charge is 2.36. The number of amides is 3. The summed E-state index contributed by atoms with van der Waals surface area (Å²) in [5, 5.41) is 14.9. The number of nitrogens with one attached hydrogen (secondary N) is 2. The number of carboxylic acids is 1. The molecular weight excluding hydrogens is 460 g/mol. The summed E-state index contributed by atoms with van der Waals surface area (Å²) in [5.41, 5.74) is 0.539. The molecule has 9 heteroatoms. The number of para-hydroxylation sites is 2. The summed E-state index contributed by atoms with van der Waals surface area (Å²) in [6.45, 7) is 8.67. The summed E-state index contributed by atoms with van der Waals surface area (Å²) in [6.07, 6.45) is 0. The summed E-state index contributed by atoms with van der Waals surface area (Å²) in [4.78, 5) is 54.3. The van der Waals surface area contributed by atoms with Gasteiger partial charge in [0, 0.05) is 24.7 Å². The molecule has 1 heterocycles. The zero-order valence-corrected chi connectivity index (χ0v) is 21.6. The van der Waals surface area contributed by atoms with Crippen LogP contribution < -0.4 is 20.4 Å². The average Bonchev–Trinajstić information content (AvgIpc) is 2.89. The molecule has 0 radical (unpaired) electrons. The fourth-order valence-corrected chi connectivity index (χ4v) is 3.86. The van der Waals surface area contributed by atoms with Crippen LogP contribution in [0.25, 0.3) is 0 Å². The molecule has 0 aromatic heterocycles. The Morgan fingerprint density at radius 3 is 2.25 bits per heavy atom. The highest BCUT2D eigenvalue weighted by molar-refractivity contribution is 6.07. The van der Waals surface area contributed by atoms with E-state index in [-0.39, 0.29) is 24.8 Å². The molecule has 0 saturated heterocycles. The molecule has 1 aliphatic rings. The lowest BCUT2D eigenvalue weighted by molar-refractivity contribution is -0.142. The molecule has 3 amide bonds. The molecule has 9 nitrogen and oxygen atoms in total. The molecular formula is C27H34N4O5. The zero-order chi connectivity index (χ0) is 26.8. The molecule has 2 aromatic rings. The minimum Gasteiger partial charge on any atom is -0.481 e. The third-order valence-electron chi connectivity index (χ3n) is 6.42. The van der Waals surface area contributed by atoms with Crippen molar-refractivity contribution in [2.45, 2.75) is 46.1 Å². The van der Waals surface area contributed by atoms with Crippen LogP contribution in [0.3, 0.4) is 0 Å². The number of Topliss-reactive ketones (excluding diaryl/α,β-unsaturated/α-hetero) is 1. The van der Waals surface area contributed by atoms with Gasteiger partial charge < -0.3 is 25.5 Å². The number of likely N-dealkylation sites (N-methyl/N-ethyl adjacent to an activating group) is 1. The molecule has 0 aliphatic carbocycles. The van der Waals surface area contributed by atoms with Crippen LogP contribution in [0.5, 0.6) is 0 Å². The second-order valence-electron chi connectivity index (χ2n) is 10.6. The van der Waals surface area contributed by atoms with Crippen LogP contribution in [0.15, 0.2) is 48.5 Å². The zero-order valence-electron chi connectivity index (χ0n) is 21.6. The Labute approximate surface area is 211 Å². The van der Waals surface area contributed by atoms with Gasteiger partial charge in [0.25, 0.3) is 5.91 Å². The Morgan fingerprint density at radius 2 is 1.64 bits per heavy atom. The SMILES string of the molecule is CN1CC(NC(=O)Nc2cccc(C(C)(C)C(=O)O)c2)C(=O)N(CC(=O)C(C)(C)C)c2ccccc21. The average molecular weight is 495 g/mol. The van der Waals surface area contributed by atoms with Crippen LogP contribution in [0, 0.1) is 5.41 Å². The molecule has 2 aromatic carbocycles. The van der Waals surface area contributed by atoms with Gasteiger partial charge in [-0.25, -0.2) is 4.79 Å². The van der Waals surface area contributed by atoms with E-state index in [4.69, 9.17) is 0 Å². The van der Waals surface area contributed by atoms with Crippen molar-refractivity contribution < 1.29 is 24.3 Å². The largest absolute Gasteiger partial charge is 0.481 e. The minimum absolute atomic E-state index is 0.101. The molecule has 1 aliphatic heterocycles. The maximum Gasteiger partial charge on any atom is 0.319 e. The Bertz CT molecular complexity index is 1180. The molecule has 0 saturated carbocycles. The van der Waals surface area contributed by atoms with Crippen molar-refractivity contribution in [1.29, 1.82) is 0 Å². The second-order valence-corrected chi connectivity index (χ2v) is 10.6. The number of hydrogen-bond acceptors (Lipinski definition) is 5. The molecule has 1 atom stereocenters. The predicted octanol–water partition coefficient (Wildman–Crippen LogP) is 3.64. The second kappa shape index (κ2) is 10.0. The molecule has 3 rings (SSSR count). The molecule has 1 unspecified atom stereocenters. The number of hydrogen-bond donors (Lipinski definition) is 3. The van der Waals surface area contributed by atoms with Gasteiger partial charge in [-0.1, -0.05) is 45.0 Å². The van der Waals surface area contributed by atoms with Gasteiger partial charge in [-0.2, -0.15) is 0 Å². The first-order chi connectivity index (χ1) is 16.7. The van der Waals surface area contributed by atoms with Gasteiger partial charge in [-0.3, -0.25) is 14.4 Å². The number of aliphatic carboxylic acids is 1. The number of carbonyl (C=O) groups is 4. The topological polar surface area (TPSA) is 119 Å². The number of fused-ring (bicyclic) bond motifs is 1. The van der Waals surface area contributed by atoms with Crippen molar-refractivity contribution in [3.63, 3.8) is 0 Å². The summed E-state index contributed by atoms with van der Waals surface area (Å²) < 4.78 is 0. The molecule has 192 valence electrons. The van der Waals surface area contributed by atoms with Crippen LogP contribution in [-0.4, -0.2) is 55.0 Å². The standard InChI is InChI=1S/C27H34N4O5/c1-26(2,3)22(32)16-31-21-13-8-7-12-20(21)30(6)15-19(23(31)33)29-25(36)28-18-11-9-10-17(14-18)27(4,5)24(34)35/h7-14,19H,15-16H2,1-6H3,(H,34,35)(H2,28,29,36). The number of benzene rings is 2. The summed E-state index contributed by atoms with van der Waals surface area (Å²) >= 11 is 0. The van der Waals surface area contributed by atoms with Crippen molar-refractivity contribution in [2.24, 2.45) is 5.41 Å². The number of urea groups is 1. The van der Waals surface area contributed by atoms with E-state index >= 15 is 0 Å². The lowest BCUT2D eigenvalue weighted by Crippen LogP contribution is -2.54. The Morgan fingerprint density at radius 1 is 1.00 bits per heavy atom. The number of anilines is 3. The summed E-state index contributed by atoms with van der Waals surface area (Å²) in [6, 6.07) is 12.4. The number of nitrogens with zero attached hydrogens (tertiary/aromatic N) is 2. The summed E-state index contributed by atoms with van der Waals surface area (Å²) in [7, 11) is 1.82. The van der Waals surface area contributed by atoms with E-state index in [1.807, 2.05) is 24.1 Å². The quantitative estimate of drug-likeness (QED) is 0.564. The third-order valence-corrected chi connectivity index (χ3v) is 6.42. The van der Waals surface area contributed by atoms with Gasteiger partial charge >= 0.3 is 12.0 Å². The first kappa shape index (κ1) is 26.7. The highest BCUT2D eigenvalue weighted by Crippen LogP contribution is 2.33. The van der Waals surface area contributed by atoms with Gasteiger partial charge in [0.15, 0.2) is 5.78 Å². The fraction of sp³-hybridized carbons (Fsp3) is 0.407. The van der Waals surface area contributed by atoms with Crippen molar-refractivity contribution in [1.82, 2.24) is 5.32 Å². The van der Waals surface area contributed by atoms with Gasteiger partial charge in [0.05, 0.1) is 23.3 Å². The Kier molecular flexibility index (Phi) is 7.43. The molecule has 36 heavy (non-hydrogen) atoms. The first-order valence-electron chi connectivity index (χ1n) is 11.8.